The number of nitrogens with one attached hydrogen (secondary N) is 2. The summed E-state index contributed by atoms with van der Waals surface area (Å²) in [6.07, 6.45) is 0.625. The molecule has 3 N–H and O–H groups in total. The number of para-hydroxylation sites is 1. The third-order valence-corrected chi connectivity index (χ3v) is 3.52. The summed E-state index contributed by atoms with van der Waals surface area (Å²) in [5, 5.41) is 12.3. The second-order valence-corrected chi connectivity index (χ2v) is 4.80. The number of aromatic nitrogens is 2. The van der Waals surface area contributed by atoms with Crippen molar-refractivity contribution in [3.05, 3.63) is 29.6 Å². The van der Waals surface area contributed by atoms with Crippen LogP contribution in [0.15, 0.2) is 18.2 Å². The zero-order chi connectivity index (χ0) is 12.7. The molecule has 1 fully saturated rings. The largest absolute Gasteiger partial charge is 0.481 e. The van der Waals surface area contributed by atoms with Gasteiger partial charge in [-0.2, -0.15) is 0 Å². The Morgan fingerprint density at radius 3 is 3.06 bits per heavy atom. The third kappa shape index (κ3) is 1.76. The summed E-state index contributed by atoms with van der Waals surface area (Å²) < 4.78 is 0. The lowest BCUT2D eigenvalue weighted by Crippen LogP contribution is -2.17. The van der Waals surface area contributed by atoms with Crippen molar-refractivity contribution in [3.8, 4) is 0 Å². The van der Waals surface area contributed by atoms with E-state index in [0.29, 0.717) is 13.0 Å². The zero-order valence-corrected chi connectivity index (χ0v) is 10.1. The molecule has 1 aromatic carbocycles. The minimum Gasteiger partial charge on any atom is -0.481 e. The van der Waals surface area contributed by atoms with Crippen molar-refractivity contribution < 1.29 is 9.90 Å². The fourth-order valence-electron chi connectivity index (χ4n) is 2.62. The maximum atomic E-state index is 11.0. The van der Waals surface area contributed by atoms with Crippen LogP contribution in [0.4, 0.5) is 0 Å². The molecule has 1 aliphatic rings. The number of carboxylic acids is 1. The van der Waals surface area contributed by atoms with E-state index in [2.05, 4.69) is 15.3 Å². The van der Waals surface area contributed by atoms with Crippen LogP contribution in [0.1, 0.15) is 23.9 Å². The summed E-state index contributed by atoms with van der Waals surface area (Å²) in [5.41, 5.74) is 3.03. The Hall–Kier alpha value is -1.88. The molecule has 2 unspecified atom stereocenters. The van der Waals surface area contributed by atoms with Gasteiger partial charge in [0.05, 0.1) is 17.0 Å². The van der Waals surface area contributed by atoms with Crippen LogP contribution >= 0.6 is 0 Å². The fraction of sp³-hybridized carbons (Fsp3) is 0.385. The van der Waals surface area contributed by atoms with Gasteiger partial charge in [0.25, 0.3) is 0 Å². The van der Waals surface area contributed by atoms with Crippen molar-refractivity contribution >= 4 is 17.0 Å². The topological polar surface area (TPSA) is 78.0 Å². The second kappa shape index (κ2) is 4.10. The normalized spacial score (nSPS) is 23.6. The number of rotatable bonds is 2. The van der Waals surface area contributed by atoms with E-state index < -0.39 is 5.97 Å². The average molecular weight is 245 g/mol. The van der Waals surface area contributed by atoms with Gasteiger partial charge in [0, 0.05) is 12.6 Å². The van der Waals surface area contributed by atoms with Crippen molar-refractivity contribution in [2.24, 2.45) is 5.92 Å². The lowest BCUT2D eigenvalue weighted by atomic mass is 9.99. The summed E-state index contributed by atoms with van der Waals surface area (Å²) in [4.78, 5) is 18.7. The van der Waals surface area contributed by atoms with Crippen LogP contribution in [-0.2, 0) is 4.79 Å². The molecule has 3 rings (SSSR count). The number of aromatic amines is 1. The highest BCUT2D eigenvalue weighted by Crippen LogP contribution is 2.31. The van der Waals surface area contributed by atoms with Crippen LogP contribution in [0.2, 0.25) is 0 Å². The summed E-state index contributed by atoms with van der Waals surface area (Å²) in [5.74, 6) is -0.147. The quantitative estimate of drug-likeness (QED) is 0.751. The predicted molar refractivity (Wildman–Crippen MR) is 67.3 cm³/mol. The van der Waals surface area contributed by atoms with E-state index in [1.54, 1.807) is 0 Å². The fourth-order valence-corrected chi connectivity index (χ4v) is 2.62. The molecular weight excluding hydrogens is 230 g/mol. The van der Waals surface area contributed by atoms with E-state index in [4.69, 9.17) is 5.11 Å². The Labute approximate surface area is 104 Å². The number of carbonyl (C=O) groups is 1. The van der Waals surface area contributed by atoms with Gasteiger partial charge >= 0.3 is 5.97 Å². The highest BCUT2D eigenvalue weighted by atomic mass is 16.4. The monoisotopic (exact) mass is 245 g/mol. The molecule has 1 aliphatic heterocycles. The minimum absolute atomic E-state index is 0.0810. The third-order valence-electron chi connectivity index (χ3n) is 3.52. The number of hydrogen-bond donors (Lipinski definition) is 3. The Balaban J connectivity index is 1.98. The Bertz CT molecular complexity index is 605. The second-order valence-electron chi connectivity index (χ2n) is 4.80. The number of nitrogens with zero attached hydrogens (tertiary/aromatic N) is 1. The Morgan fingerprint density at radius 2 is 2.33 bits per heavy atom. The van der Waals surface area contributed by atoms with E-state index >= 15 is 0 Å². The predicted octanol–water partition coefficient (Wildman–Crippen LogP) is 1.61. The van der Waals surface area contributed by atoms with Crippen molar-refractivity contribution in [2.45, 2.75) is 19.4 Å². The van der Waals surface area contributed by atoms with E-state index in [9.17, 15) is 4.79 Å². The van der Waals surface area contributed by atoms with Crippen LogP contribution in [0.25, 0.3) is 11.0 Å². The molecule has 5 nitrogen and oxygen atoms in total. The van der Waals surface area contributed by atoms with Gasteiger partial charge in [-0.3, -0.25) is 4.79 Å². The molecule has 0 spiro atoms. The van der Waals surface area contributed by atoms with Gasteiger partial charge in [-0.05, 0) is 25.0 Å². The van der Waals surface area contributed by atoms with Gasteiger partial charge in [-0.15, -0.1) is 0 Å². The molecule has 1 saturated heterocycles. The summed E-state index contributed by atoms with van der Waals surface area (Å²) >= 11 is 0. The van der Waals surface area contributed by atoms with Gasteiger partial charge in [0.15, 0.2) is 0 Å². The molecule has 0 saturated carbocycles. The first-order valence-corrected chi connectivity index (χ1v) is 6.06. The van der Waals surface area contributed by atoms with E-state index in [-0.39, 0.29) is 12.0 Å². The molecule has 2 aromatic rings. The van der Waals surface area contributed by atoms with E-state index in [1.165, 1.54) is 0 Å². The highest BCUT2D eigenvalue weighted by molar-refractivity contribution is 5.79. The SMILES string of the molecule is Cc1nc2c(C3CC(C(=O)O)CN3)cccc2[nH]1. The van der Waals surface area contributed by atoms with E-state index in [1.807, 2.05) is 25.1 Å². The van der Waals surface area contributed by atoms with Gasteiger partial charge in [0.1, 0.15) is 5.82 Å². The lowest BCUT2D eigenvalue weighted by Gasteiger charge is -2.10. The maximum absolute atomic E-state index is 11.0. The van der Waals surface area contributed by atoms with Crippen molar-refractivity contribution in [2.75, 3.05) is 6.54 Å². The van der Waals surface area contributed by atoms with Crippen LogP contribution in [-0.4, -0.2) is 27.6 Å². The number of aliphatic carboxylic acids is 1. The molecular formula is C13H15N3O2. The van der Waals surface area contributed by atoms with Crippen molar-refractivity contribution in [1.82, 2.24) is 15.3 Å². The van der Waals surface area contributed by atoms with Crippen LogP contribution in [0.5, 0.6) is 0 Å². The minimum atomic E-state index is -0.726. The smallest absolute Gasteiger partial charge is 0.307 e. The molecule has 5 heteroatoms. The Morgan fingerprint density at radius 1 is 1.50 bits per heavy atom. The average Bonchev–Trinajstić information content (AvgIpc) is 2.92. The molecule has 0 amide bonds. The molecule has 0 aliphatic carbocycles. The molecule has 0 radical (unpaired) electrons. The molecule has 2 atom stereocenters. The standard InChI is InChI=1S/C13H15N3O2/c1-7-15-10-4-2-3-9(12(10)16-7)11-5-8(6-14-11)13(17)18/h2-4,8,11,14H,5-6H2,1H3,(H,15,16)(H,17,18). The number of imidazole rings is 1. The summed E-state index contributed by atoms with van der Waals surface area (Å²) in [7, 11) is 0. The first-order chi connectivity index (χ1) is 8.65. The number of aryl methyl sites for hydroxylation is 1. The highest BCUT2D eigenvalue weighted by Gasteiger charge is 2.31. The lowest BCUT2D eigenvalue weighted by molar-refractivity contribution is -0.141. The molecule has 18 heavy (non-hydrogen) atoms. The van der Waals surface area contributed by atoms with Crippen LogP contribution in [0.3, 0.4) is 0 Å². The number of H-pyrrole nitrogens is 1. The summed E-state index contributed by atoms with van der Waals surface area (Å²) in [6.45, 7) is 2.45. The number of carboxylic acid groups (broad SMARTS) is 1. The van der Waals surface area contributed by atoms with Crippen LogP contribution in [0, 0.1) is 12.8 Å². The number of fused-ring (bicyclic) bond motifs is 1. The molecule has 94 valence electrons. The van der Waals surface area contributed by atoms with Gasteiger partial charge in [-0.1, -0.05) is 12.1 Å². The Kier molecular flexibility index (Phi) is 2.56. The number of hydrogen-bond acceptors (Lipinski definition) is 3. The maximum Gasteiger partial charge on any atom is 0.307 e. The first kappa shape index (κ1) is 11.2. The first-order valence-electron chi connectivity index (χ1n) is 6.06. The van der Waals surface area contributed by atoms with Gasteiger partial charge in [0.2, 0.25) is 0 Å². The van der Waals surface area contributed by atoms with Gasteiger partial charge < -0.3 is 15.4 Å². The zero-order valence-electron chi connectivity index (χ0n) is 10.1. The summed E-state index contributed by atoms with van der Waals surface area (Å²) in [6, 6.07) is 6.07. The van der Waals surface area contributed by atoms with Crippen molar-refractivity contribution in [1.29, 1.82) is 0 Å². The van der Waals surface area contributed by atoms with Crippen LogP contribution < -0.4 is 5.32 Å². The van der Waals surface area contributed by atoms with Gasteiger partial charge in [-0.25, -0.2) is 4.98 Å². The number of benzene rings is 1. The van der Waals surface area contributed by atoms with E-state index in [0.717, 1.165) is 22.4 Å². The van der Waals surface area contributed by atoms with Crippen molar-refractivity contribution in [3.63, 3.8) is 0 Å². The molecule has 0 bridgehead atoms. The molecule has 1 aromatic heterocycles. The molecule has 2 heterocycles.